The van der Waals surface area contributed by atoms with Gasteiger partial charge < -0.3 is 9.80 Å². The molecule has 1 rings (SSSR count). The van der Waals surface area contributed by atoms with Crippen LogP contribution < -0.4 is 0 Å². The second kappa shape index (κ2) is 13.5. The Morgan fingerprint density at radius 3 is 1.95 bits per heavy atom. The van der Waals surface area contributed by atoms with Crippen LogP contribution in [-0.2, 0) is 0 Å². The number of halogens is 1. The van der Waals surface area contributed by atoms with E-state index in [1.807, 2.05) is 6.20 Å². The van der Waals surface area contributed by atoms with Crippen molar-refractivity contribution in [3.63, 3.8) is 0 Å². The Labute approximate surface area is 136 Å². The summed E-state index contributed by atoms with van der Waals surface area (Å²) in [7, 11) is 0. The van der Waals surface area contributed by atoms with Gasteiger partial charge in [-0.2, -0.15) is 0 Å². The van der Waals surface area contributed by atoms with E-state index in [1.54, 1.807) is 0 Å². The molecule has 0 amide bonds. The zero-order valence-corrected chi connectivity index (χ0v) is 14.9. The molecule has 0 aliphatic carbocycles. The summed E-state index contributed by atoms with van der Waals surface area (Å²) in [6, 6.07) is 0. The summed E-state index contributed by atoms with van der Waals surface area (Å²) in [6.07, 6.45) is 20.3. The molecule has 0 saturated heterocycles. The Kier molecular flexibility index (Phi) is 13.2. The van der Waals surface area contributed by atoms with Crippen molar-refractivity contribution in [3.05, 3.63) is 25.2 Å². The number of unbranched alkanes of at least 4 members (excludes halogenated alkanes) is 9. The molecule has 0 atom stereocenters. The van der Waals surface area contributed by atoms with E-state index in [-0.39, 0.29) is 17.0 Å². The van der Waals surface area contributed by atoms with Gasteiger partial charge in [-0.3, -0.25) is 0 Å². The maximum absolute atomic E-state index is 3.78. The Balaban J connectivity index is 0.00000361. The molecule has 0 bridgehead atoms. The van der Waals surface area contributed by atoms with Crippen LogP contribution in [0, 0.1) is 0 Å². The first-order valence-electron chi connectivity index (χ1n) is 8.17. The van der Waals surface area contributed by atoms with Crippen LogP contribution in [-0.4, -0.2) is 23.0 Å². The van der Waals surface area contributed by atoms with E-state index in [0.29, 0.717) is 0 Å². The van der Waals surface area contributed by atoms with Crippen molar-refractivity contribution < 1.29 is 0 Å². The molecule has 118 valence electrons. The minimum atomic E-state index is 0. The predicted octanol–water partition coefficient (Wildman–Crippen LogP) is 5.68. The molecule has 0 N–H and O–H groups in total. The molecule has 3 heteroatoms. The molecule has 0 aromatic rings. The second-order valence-electron chi connectivity index (χ2n) is 5.63. The van der Waals surface area contributed by atoms with Gasteiger partial charge in [-0.15, -0.1) is 17.0 Å². The average Bonchev–Trinajstić information content (AvgIpc) is 2.89. The molecule has 0 aromatic heterocycles. The molecule has 0 aromatic carbocycles. The van der Waals surface area contributed by atoms with Crippen molar-refractivity contribution in [3.8, 4) is 0 Å². The summed E-state index contributed by atoms with van der Waals surface area (Å²) in [5.41, 5.74) is 0. The molecule has 0 fully saturated rings. The van der Waals surface area contributed by atoms with Gasteiger partial charge in [-0.25, -0.2) is 0 Å². The van der Waals surface area contributed by atoms with Crippen LogP contribution >= 0.6 is 17.0 Å². The number of hydrogen-bond donors (Lipinski definition) is 0. The molecule has 0 spiro atoms. The molecule has 0 unspecified atom stereocenters. The van der Waals surface area contributed by atoms with Gasteiger partial charge in [-0.05, 0) is 12.6 Å². The monoisotopic (exact) mass is 344 g/mol. The summed E-state index contributed by atoms with van der Waals surface area (Å²) in [5, 5.41) is 0. The van der Waals surface area contributed by atoms with Gasteiger partial charge in [-0.1, -0.05) is 71.3 Å². The molecule has 2 nitrogen and oxygen atoms in total. The molecule has 1 aliphatic heterocycles. The fourth-order valence-electron chi connectivity index (χ4n) is 2.55. The van der Waals surface area contributed by atoms with Crippen molar-refractivity contribution >= 4 is 17.0 Å². The van der Waals surface area contributed by atoms with Gasteiger partial charge in [0.2, 0.25) is 0 Å². The van der Waals surface area contributed by atoms with Gasteiger partial charge in [0.05, 0.1) is 6.67 Å². The zero-order chi connectivity index (χ0) is 13.8. The summed E-state index contributed by atoms with van der Waals surface area (Å²) >= 11 is 0. The first-order chi connectivity index (χ1) is 9.36. The molecule has 1 aliphatic rings. The first-order valence-corrected chi connectivity index (χ1v) is 8.17. The van der Waals surface area contributed by atoms with Crippen LogP contribution in [0.1, 0.15) is 71.1 Å². The van der Waals surface area contributed by atoms with Crippen molar-refractivity contribution in [1.29, 1.82) is 0 Å². The summed E-state index contributed by atoms with van der Waals surface area (Å²) in [6.45, 7) is 8.24. The Bertz CT molecular complexity index is 253. The summed E-state index contributed by atoms with van der Waals surface area (Å²) < 4.78 is 0. The van der Waals surface area contributed by atoms with E-state index in [1.165, 1.54) is 70.8 Å². The Morgan fingerprint density at radius 1 is 0.900 bits per heavy atom. The highest BCUT2D eigenvalue weighted by Crippen LogP contribution is 2.12. The van der Waals surface area contributed by atoms with Crippen molar-refractivity contribution in [2.24, 2.45) is 0 Å². The molecule has 1 heterocycles. The molecular formula is C17H33BrN2. The zero-order valence-electron chi connectivity index (χ0n) is 13.2. The topological polar surface area (TPSA) is 6.48 Å². The van der Waals surface area contributed by atoms with E-state index in [4.69, 9.17) is 0 Å². The van der Waals surface area contributed by atoms with E-state index < -0.39 is 0 Å². The minimum absolute atomic E-state index is 0. The fraction of sp³-hybridized carbons (Fsp3) is 0.765. The van der Waals surface area contributed by atoms with Crippen LogP contribution in [0.15, 0.2) is 25.2 Å². The third kappa shape index (κ3) is 9.46. The average molecular weight is 345 g/mol. The van der Waals surface area contributed by atoms with E-state index in [2.05, 4.69) is 35.7 Å². The summed E-state index contributed by atoms with van der Waals surface area (Å²) in [4.78, 5) is 4.49. The third-order valence-electron chi connectivity index (χ3n) is 3.85. The predicted molar refractivity (Wildman–Crippen MR) is 94.9 cm³/mol. The highest BCUT2D eigenvalue weighted by molar-refractivity contribution is 8.93. The largest absolute Gasteiger partial charge is 0.358 e. The lowest BCUT2D eigenvalue weighted by atomic mass is 10.1. The number of hydrogen-bond acceptors (Lipinski definition) is 2. The van der Waals surface area contributed by atoms with Gasteiger partial charge >= 0.3 is 0 Å². The van der Waals surface area contributed by atoms with Crippen LogP contribution in [0.5, 0.6) is 0 Å². The van der Waals surface area contributed by atoms with Crippen LogP contribution in [0.25, 0.3) is 0 Å². The van der Waals surface area contributed by atoms with Gasteiger partial charge in [0, 0.05) is 18.9 Å². The van der Waals surface area contributed by atoms with Crippen LogP contribution in [0.3, 0.4) is 0 Å². The molecule has 0 saturated carbocycles. The van der Waals surface area contributed by atoms with Crippen molar-refractivity contribution in [1.82, 2.24) is 9.80 Å². The first kappa shape index (κ1) is 19.6. The van der Waals surface area contributed by atoms with E-state index >= 15 is 0 Å². The molecule has 20 heavy (non-hydrogen) atoms. The van der Waals surface area contributed by atoms with Crippen LogP contribution in [0.4, 0.5) is 0 Å². The van der Waals surface area contributed by atoms with Gasteiger partial charge in [0.1, 0.15) is 0 Å². The van der Waals surface area contributed by atoms with E-state index in [0.717, 1.165) is 6.67 Å². The smallest absolute Gasteiger partial charge is 0.0935 e. The second-order valence-corrected chi connectivity index (χ2v) is 5.63. The fourth-order valence-corrected chi connectivity index (χ4v) is 2.55. The third-order valence-corrected chi connectivity index (χ3v) is 3.85. The van der Waals surface area contributed by atoms with Gasteiger partial charge in [0.25, 0.3) is 0 Å². The van der Waals surface area contributed by atoms with Crippen LogP contribution in [0.2, 0.25) is 0 Å². The maximum Gasteiger partial charge on any atom is 0.0935 e. The molecule has 0 radical (unpaired) electrons. The molecular weight excluding hydrogens is 312 g/mol. The van der Waals surface area contributed by atoms with Gasteiger partial charge in [0.15, 0.2) is 0 Å². The number of nitrogens with zero attached hydrogens (tertiary/aromatic N) is 2. The lowest BCUT2D eigenvalue weighted by Crippen LogP contribution is -2.22. The number of rotatable bonds is 12. The Morgan fingerprint density at radius 2 is 1.45 bits per heavy atom. The maximum atomic E-state index is 3.78. The normalized spacial score (nSPS) is 13.7. The highest BCUT2D eigenvalue weighted by Gasteiger charge is 2.07. The van der Waals surface area contributed by atoms with E-state index in [9.17, 15) is 0 Å². The van der Waals surface area contributed by atoms with Crippen molar-refractivity contribution in [2.45, 2.75) is 71.1 Å². The minimum Gasteiger partial charge on any atom is -0.358 e. The standard InChI is InChI=1S/C17H32N2.BrH/c1-3-5-6-7-8-9-10-11-12-13-14-19-16-15-18(4-2)17-19;/h4,15-16H,2-3,5-14,17H2,1H3;1H. The SMILES string of the molecule is Br.C=CN1C=CN(CCCCCCCCCCCC)C1. The van der Waals surface area contributed by atoms with Crippen molar-refractivity contribution in [2.75, 3.05) is 13.2 Å². The Hall–Kier alpha value is -0.440. The quantitative estimate of drug-likeness (QED) is 0.420. The lowest BCUT2D eigenvalue weighted by molar-refractivity contribution is 0.307. The summed E-state index contributed by atoms with van der Waals surface area (Å²) in [5.74, 6) is 0. The highest BCUT2D eigenvalue weighted by atomic mass is 79.9. The lowest BCUT2D eigenvalue weighted by Gasteiger charge is -2.18.